The van der Waals surface area contributed by atoms with Crippen molar-refractivity contribution < 1.29 is 17.9 Å². The van der Waals surface area contributed by atoms with Crippen molar-refractivity contribution in [3.05, 3.63) is 33.8 Å². The van der Waals surface area contributed by atoms with Gasteiger partial charge in [-0.15, -0.1) is 0 Å². The zero-order chi connectivity index (χ0) is 14.5. The fourth-order valence-electron chi connectivity index (χ4n) is 1.50. The van der Waals surface area contributed by atoms with Crippen LogP contribution in [0.25, 0.3) is 0 Å². The van der Waals surface area contributed by atoms with E-state index < -0.39 is 18.8 Å². The smallest absolute Gasteiger partial charge is 0.372 e. The van der Waals surface area contributed by atoms with Gasteiger partial charge in [0, 0.05) is 22.7 Å². The molecule has 1 aromatic rings. The Morgan fingerprint density at radius 1 is 1.32 bits per heavy atom. The molecule has 0 aromatic heterocycles. The summed E-state index contributed by atoms with van der Waals surface area (Å²) in [5.41, 5.74) is 3.14. The molecule has 3 N–H and O–H groups in total. The summed E-state index contributed by atoms with van der Waals surface area (Å²) in [6.07, 6.45) is -4.07. The summed E-state index contributed by atoms with van der Waals surface area (Å²) >= 11 is 11.7. The molecule has 0 saturated heterocycles. The Kier molecular flexibility index (Phi) is 6.35. The molecule has 0 heterocycles. The Morgan fingerprint density at radius 3 is 2.53 bits per heavy atom. The molecular weight excluding hydrogens is 304 g/mol. The van der Waals surface area contributed by atoms with Crippen LogP contribution < -0.4 is 11.3 Å². The topological polar surface area (TPSA) is 47.3 Å². The van der Waals surface area contributed by atoms with Crippen LogP contribution in [0.1, 0.15) is 18.0 Å². The number of hydrogen-bond acceptors (Lipinski definition) is 3. The van der Waals surface area contributed by atoms with Crippen LogP contribution in [-0.4, -0.2) is 19.4 Å². The van der Waals surface area contributed by atoms with Gasteiger partial charge in [-0.1, -0.05) is 29.3 Å². The van der Waals surface area contributed by atoms with E-state index >= 15 is 0 Å². The van der Waals surface area contributed by atoms with Gasteiger partial charge in [-0.3, -0.25) is 11.3 Å². The highest BCUT2D eigenvalue weighted by Crippen LogP contribution is 2.27. The molecule has 1 aromatic carbocycles. The van der Waals surface area contributed by atoms with Gasteiger partial charge in [0.05, 0.1) is 0 Å². The summed E-state index contributed by atoms with van der Waals surface area (Å²) in [4.78, 5) is 0. The second-order valence-electron chi connectivity index (χ2n) is 3.84. The van der Waals surface area contributed by atoms with E-state index in [0.29, 0.717) is 15.6 Å². The Labute approximate surface area is 118 Å². The SMILES string of the molecule is NNC(CCOCC(F)(F)F)c1ccc(Cl)cc1Cl. The fraction of sp³-hybridized carbons (Fsp3) is 0.455. The Bertz CT molecular complexity index is 415. The van der Waals surface area contributed by atoms with E-state index in [2.05, 4.69) is 10.2 Å². The van der Waals surface area contributed by atoms with Crippen LogP contribution >= 0.6 is 23.2 Å². The summed E-state index contributed by atoms with van der Waals surface area (Å²) in [7, 11) is 0. The molecule has 1 atom stereocenters. The average molecular weight is 317 g/mol. The quantitative estimate of drug-likeness (QED) is 0.480. The molecule has 0 aliphatic heterocycles. The van der Waals surface area contributed by atoms with Crippen LogP contribution in [0.15, 0.2) is 18.2 Å². The molecule has 0 aliphatic rings. The van der Waals surface area contributed by atoms with Crippen LogP contribution in [0.2, 0.25) is 10.0 Å². The maximum absolute atomic E-state index is 11.9. The number of ether oxygens (including phenoxy) is 1. The van der Waals surface area contributed by atoms with Crippen LogP contribution in [0, 0.1) is 0 Å². The summed E-state index contributed by atoms with van der Waals surface area (Å²) in [5, 5.41) is 0.865. The first-order valence-electron chi connectivity index (χ1n) is 5.39. The van der Waals surface area contributed by atoms with Crippen LogP contribution in [-0.2, 0) is 4.74 Å². The lowest BCUT2D eigenvalue weighted by Crippen LogP contribution is -2.29. The summed E-state index contributed by atoms with van der Waals surface area (Å²) in [6, 6.07) is 4.43. The maximum atomic E-state index is 11.9. The molecule has 0 radical (unpaired) electrons. The first-order valence-corrected chi connectivity index (χ1v) is 6.14. The van der Waals surface area contributed by atoms with Gasteiger partial charge in [0.15, 0.2) is 0 Å². The minimum Gasteiger partial charge on any atom is -0.372 e. The van der Waals surface area contributed by atoms with E-state index in [1.807, 2.05) is 0 Å². The van der Waals surface area contributed by atoms with Crippen molar-refractivity contribution in [3.63, 3.8) is 0 Å². The lowest BCUT2D eigenvalue weighted by atomic mass is 10.0. The lowest BCUT2D eigenvalue weighted by molar-refractivity contribution is -0.174. The summed E-state index contributed by atoms with van der Waals surface area (Å²) in [6.45, 7) is -1.37. The van der Waals surface area contributed by atoms with Gasteiger partial charge in [0.25, 0.3) is 0 Å². The highest BCUT2D eigenvalue weighted by Gasteiger charge is 2.27. The molecular formula is C11H13Cl2F3N2O. The molecule has 0 amide bonds. The highest BCUT2D eigenvalue weighted by atomic mass is 35.5. The molecule has 0 bridgehead atoms. The van der Waals surface area contributed by atoms with E-state index in [1.165, 1.54) is 0 Å². The number of alkyl halides is 3. The number of hydrogen-bond donors (Lipinski definition) is 2. The average Bonchev–Trinajstić information content (AvgIpc) is 2.29. The van der Waals surface area contributed by atoms with E-state index in [-0.39, 0.29) is 13.0 Å². The van der Waals surface area contributed by atoms with Crippen molar-refractivity contribution in [1.29, 1.82) is 0 Å². The first-order chi connectivity index (χ1) is 8.83. The van der Waals surface area contributed by atoms with E-state index in [1.54, 1.807) is 18.2 Å². The van der Waals surface area contributed by atoms with Crippen LogP contribution in [0.5, 0.6) is 0 Å². The van der Waals surface area contributed by atoms with Crippen molar-refractivity contribution in [2.45, 2.75) is 18.6 Å². The molecule has 0 aliphatic carbocycles. The number of rotatable bonds is 6. The summed E-state index contributed by atoms with van der Waals surface area (Å²) < 4.78 is 40.2. The van der Waals surface area contributed by atoms with Gasteiger partial charge in [0.2, 0.25) is 0 Å². The molecule has 8 heteroatoms. The fourth-order valence-corrected chi connectivity index (χ4v) is 2.04. The minimum atomic E-state index is -4.33. The predicted molar refractivity (Wildman–Crippen MR) is 68.0 cm³/mol. The van der Waals surface area contributed by atoms with Crippen molar-refractivity contribution in [2.75, 3.05) is 13.2 Å². The molecule has 0 saturated carbocycles. The van der Waals surface area contributed by atoms with Gasteiger partial charge in [-0.2, -0.15) is 13.2 Å². The third kappa shape index (κ3) is 5.97. The van der Waals surface area contributed by atoms with E-state index in [4.69, 9.17) is 29.0 Å². The standard InChI is InChI=1S/C11H13Cl2F3N2O/c12-7-1-2-8(9(13)5-7)10(18-17)3-4-19-6-11(14,15)16/h1-2,5,10,18H,3-4,6,17H2. The number of halogens is 5. The molecule has 0 fully saturated rings. The van der Waals surface area contributed by atoms with Gasteiger partial charge < -0.3 is 4.74 Å². The second-order valence-corrected chi connectivity index (χ2v) is 4.69. The van der Waals surface area contributed by atoms with Crippen molar-refractivity contribution in [2.24, 2.45) is 5.84 Å². The van der Waals surface area contributed by atoms with Gasteiger partial charge >= 0.3 is 6.18 Å². The normalized spacial score (nSPS) is 13.6. The molecule has 108 valence electrons. The number of hydrazine groups is 1. The van der Waals surface area contributed by atoms with E-state index in [0.717, 1.165) is 0 Å². The van der Waals surface area contributed by atoms with Gasteiger partial charge in [0.1, 0.15) is 6.61 Å². The number of nitrogens with two attached hydrogens (primary N) is 1. The van der Waals surface area contributed by atoms with Gasteiger partial charge in [-0.25, -0.2) is 0 Å². The Morgan fingerprint density at radius 2 is 2.00 bits per heavy atom. The van der Waals surface area contributed by atoms with Crippen LogP contribution in [0.3, 0.4) is 0 Å². The van der Waals surface area contributed by atoms with Crippen LogP contribution in [0.4, 0.5) is 13.2 Å². The lowest BCUT2D eigenvalue weighted by Gasteiger charge is -2.18. The largest absolute Gasteiger partial charge is 0.411 e. The van der Waals surface area contributed by atoms with Crippen molar-refractivity contribution in [1.82, 2.24) is 5.43 Å². The molecule has 3 nitrogen and oxygen atoms in total. The zero-order valence-electron chi connectivity index (χ0n) is 9.81. The Hall–Kier alpha value is -0.530. The number of benzene rings is 1. The predicted octanol–water partition coefficient (Wildman–Crippen LogP) is 3.47. The Balaban J connectivity index is 2.54. The van der Waals surface area contributed by atoms with Crippen molar-refractivity contribution in [3.8, 4) is 0 Å². The maximum Gasteiger partial charge on any atom is 0.411 e. The van der Waals surface area contributed by atoms with Crippen molar-refractivity contribution >= 4 is 23.2 Å². The second kappa shape index (κ2) is 7.31. The number of nitrogens with one attached hydrogen (secondary N) is 1. The zero-order valence-corrected chi connectivity index (χ0v) is 11.3. The minimum absolute atomic E-state index is 0.0899. The third-order valence-electron chi connectivity index (χ3n) is 2.36. The molecule has 0 spiro atoms. The molecule has 1 rings (SSSR count). The van der Waals surface area contributed by atoms with Gasteiger partial charge in [-0.05, 0) is 24.1 Å². The first kappa shape index (κ1) is 16.5. The van der Waals surface area contributed by atoms with E-state index in [9.17, 15) is 13.2 Å². The molecule has 1 unspecified atom stereocenters. The summed E-state index contributed by atoms with van der Waals surface area (Å²) in [5.74, 6) is 5.36. The highest BCUT2D eigenvalue weighted by molar-refractivity contribution is 6.35. The third-order valence-corrected chi connectivity index (χ3v) is 2.92. The monoisotopic (exact) mass is 316 g/mol. The molecule has 19 heavy (non-hydrogen) atoms.